The van der Waals surface area contributed by atoms with Crippen molar-refractivity contribution in [1.29, 1.82) is 0 Å². The standard InChI is InChI=1S/C37H39BrFN7O4/c1-20-7-5-4-6-8-23-9-24(25-16-40-22(3)41-17-25)10-28-34(21(2)47)44-45(35(23)28)18-33(49)46-29(14-37(15-31(37)46)19-42-36(20)50)30(48)13-27-11-26(39)12-32(38)43-27/h9-12,16-17,20,29,31H,4-8,13-15,18-19H2,1-3H3,(H,42,50)/t20-,29+,31-,37+/m1/s1. The second kappa shape index (κ2) is 13.4. The van der Waals surface area contributed by atoms with Gasteiger partial charge in [0.2, 0.25) is 11.8 Å². The molecule has 0 unspecified atom stereocenters. The third-order valence-corrected chi connectivity index (χ3v) is 11.0. The van der Waals surface area contributed by atoms with Crippen molar-refractivity contribution < 1.29 is 23.6 Å². The Morgan fingerprint density at radius 1 is 1.06 bits per heavy atom. The monoisotopic (exact) mass is 743 g/mol. The molecule has 13 heteroatoms. The lowest BCUT2D eigenvalue weighted by molar-refractivity contribution is -0.139. The first kappa shape index (κ1) is 34.1. The molecule has 4 atom stereocenters. The number of amides is 2. The van der Waals surface area contributed by atoms with Gasteiger partial charge in [-0.25, -0.2) is 19.3 Å². The van der Waals surface area contributed by atoms with E-state index < -0.39 is 17.3 Å². The number of aromatic nitrogens is 5. The Morgan fingerprint density at radius 3 is 2.58 bits per heavy atom. The molecule has 0 spiro atoms. The molecule has 3 aromatic heterocycles. The lowest BCUT2D eigenvalue weighted by atomic mass is 9.94. The summed E-state index contributed by atoms with van der Waals surface area (Å²) in [5.41, 5.74) is 3.42. The first-order valence-corrected chi connectivity index (χ1v) is 18.0. The molecular weight excluding hydrogens is 705 g/mol. The van der Waals surface area contributed by atoms with Gasteiger partial charge in [0, 0.05) is 60.3 Å². The fraction of sp³-hybridized carbons (Fsp3) is 0.459. The highest BCUT2D eigenvalue weighted by Gasteiger charge is 2.66. The number of aryl methyl sites for hydroxylation is 2. The molecule has 5 heterocycles. The van der Waals surface area contributed by atoms with Crippen LogP contribution in [0, 0.1) is 24.1 Å². The van der Waals surface area contributed by atoms with Gasteiger partial charge < -0.3 is 10.2 Å². The number of nitrogens with zero attached hydrogens (tertiary/aromatic N) is 6. The van der Waals surface area contributed by atoms with Crippen molar-refractivity contribution in [3.63, 3.8) is 0 Å². The van der Waals surface area contributed by atoms with Crippen LogP contribution in [0.25, 0.3) is 22.0 Å². The van der Waals surface area contributed by atoms with Crippen LogP contribution in [0.4, 0.5) is 4.39 Å². The van der Waals surface area contributed by atoms with Gasteiger partial charge in [0.1, 0.15) is 28.5 Å². The smallest absolute Gasteiger partial charge is 0.245 e. The van der Waals surface area contributed by atoms with Gasteiger partial charge in [-0.3, -0.25) is 23.9 Å². The molecule has 1 saturated carbocycles. The predicted molar refractivity (Wildman–Crippen MR) is 187 cm³/mol. The van der Waals surface area contributed by atoms with Crippen molar-refractivity contribution in [1.82, 2.24) is 34.9 Å². The van der Waals surface area contributed by atoms with Crippen molar-refractivity contribution in [2.24, 2.45) is 11.3 Å². The zero-order valence-electron chi connectivity index (χ0n) is 28.3. The van der Waals surface area contributed by atoms with E-state index in [-0.39, 0.29) is 64.3 Å². The van der Waals surface area contributed by atoms with Gasteiger partial charge >= 0.3 is 0 Å². The molecule has 260 valence electrons. The Kier molecular flexibility index (Phi) is 9.12. The van der Waals surface area contributed by atoms with Crippen LogP contribution in [0.2, 0.25) is 0 Å². The highest BCUT2D eigenvalue weighted by molar-refractivity contribution is 9.10. The van der Waals surface area contributed by atoms with Crippen LogP contribution >= 0.6 is 15.9 Å². The molecule has 1 saturated heterocycles. The molecule has 1 N–H and O–H groups in total. The Labute approximate surface area is 297 Å². The normalized spacial score (nSPS) is 24.1. The Balaban J connectivity index is 1.29. The molecular formula is C37H39BrFN7O4. The second-order valence-corrected chi connectivity index (χ2v) is 15.0. The summed E-state index contributed by atoms with van der Waals surface area (Å²) in [7, 11) is 0. The van der Waals surface area contributed by atoms with Crippen molar-refractivity contribution in [3.05, 3.63) is 69.9 Å². The highest BCUT2D eigenvalue weighted by Crippen LogP contribution is 2.59. The number of ketones is 2. The van der Waals surface area contributed by atoms with Crippen LogP contribution in [-0.2, 0) is 33.8 Å². The number of rotatable bonds is 5. The molecule has 11 nitrogen and oxygen atoms in total. The van der Waals surface area contributed by atoms with E-state index in [1.165, 1.54) is 19.1 Å². The average Bonchev–Trinajstić information content (AvgIpc) is 3.47. The molecule has 3 aliphatic rings. The fourth-order valence-electron chi connectivity index (χ4n) is 7.82. The molecule has 2 fully saturated rings. The quantitative estimate of drug-likeness (QED) is 0.214. The summed E-state index contributed by atoms with van der Waals surface area (Å²) >= 11 is 3.20. The third-order valence-electron chi connectivity index (χ3n) is 10.5. The number of Topliss-reactive ketones (excluding diaryl/α,β-unsaturated/α-hetero) is 2. The van der Waals surface area contributed by atoms with Crippen molar-refractivity contribution in [2.75, 3.05) is 6.54 Å². The topological polar surface area (TPSA) is 140 Å². The molecule has 0 radical (unpaired) electrons. The van der Waals surface area contributed by atoms with Crippen molar-refractivity contribution >= 4 is 50.2 Å². The molecule has 4 aromatic rings. The second-order valence-electron chi connectivity index (χ2n) is 14.2. The van der Waals surface area contributed by atoms with Crippen LogP contribution in [0.3, 0.4) is 0 Å². The van der Waals surface area contributed by atoms with Crippen LogP contribution in [0.5, 0.6) is 0 Å². The van der Waals surface area contributed by atoms with E-state index in [0.29, 0.717) is 42.5 Å². The minimum absolute atomic E-state index is 0.0255. The van der Waals surface area contributed by atoms with Gasteiger partial charge in [-0.05, 0) is 84.3 Å². The van der Waals surface area contributed by atoms with Gasteiger partial charge in [0.15, 0.2) is 11.6 Å². The maximum Gasteiger partial charge on any atom is 0.245 e. The van der Waals surface area contributed by atoms with E-state index in [0.717, 1.165) is 42.4 Å². The third kappa shape index (κ3) is 6.59. The van der Waals surface area contributed by atoms with E-state index in [1.807, 2.05) is 19.9 Å². The summed E-state index contributed by atoms with van der Waals surface area (Å²) < 4.78 is 16.1. The summed E-state index contributed by atoms with van der Waals surface area (Å²) in [5, 5.41) is 8.50. The van der Waals surface area contributed by atoms with Crippen LogP contribution in [0.1, 0.15) is 79.9 Å². The van der Waals surface area contributed by atoms with E-state index in [4.69, 9.17) is 5.10 Å². The van der Waals surface area contributed by atoms with Crippen molar-refractivity contribution in [2.45, 2.75) is 90.8 Å². The van der Waals surface area contributed by atoms with Gasteiger partial charge in [-0.2, -0.15) is 5.10 Å². The van der Waals surface area contributed by atoms with Crippen molar-refractivity contribution in [3.8, 4) is 11.1 Å². The molecule has 2 amide bonds. The maximum atomic E-state index is 14.4. The Hall–Kier alpha value is -4.39. The number of carbonyl (C=O) groups is 4. The van der Waals surface area contributed by atoms with E-state index in [2.05, 4.69) is 42.3 Å². The zero-order valence-corrected chi connectivity index (χ0v) is 29.9. The number of halogens is 2. The fourth-order valence-corrected chi connectivity index (χ4v) is 8.27. The number of hydrogen-bond acceptors (Lipinski definition) is 8. The summed E-state index contributed by atoms with van der Waals surface area (Å²) in [4.78, 5) is 69.2. The zero-order chi connectivity index (χ0) is 35.3. The van der Waals surface area contributed by atoms with Crippen LogP contribution in [-0.4, -0.2) is 71.6 Å². The number of benzene rings is 1. The van der Waals surface area contributed by atoms with Gasteiger partial charge in [-0.1, -0.05) is 19.8 Å². The summed E-state index contributed by atoms with van der Waals surface area (Å²) in [6.07, 6.45) is 8.45. The first-order valence-electron chi connectivity index (χ1n) is 17.2. The van der Waals surface area contributed by atoms with E-state index in [1.54, 1.807) is 22.0 Å². The molecule has 1 aliphatic carbocycles. The van der Waals surface area contributed by atoms with Crippen LogP contribution < -0.4 is 5.32 Å². The predicted octanol–water partition coefficient (Wildman–Crippen LogP) is 5.34. The summed E-state index contributed by atoms with van der Waals surface area (Å²) in [5.74, 6) is -0.835. The van der Waals surface area contributed by atoms with Crippen LogP contribution in [0.15, 0.2) is 41.3 Å². The summed E-state index contributed by atoms with van der Waals surface area (Å²) in [6.45, 7) is 5.42. The highest BCUT2D eigenvalue weighted by atomic mass is 79.9. The number of carbonyl (C=O) groups excluding carboxylic acids is 4. The number of hydrogen-bond donors (Lipinski definition) is 1. The van der Waals surface area contributed by atoms with Gasteiger partial charge in [-0.15, -0.1) is 0 Å². The molecule has 1 aromatic carbocycles. The van der Waals surface area contributed by atoms with Gasteiger partial charge in [0.05, 0.1) is 23.7 Å². The first-order chi connectivity index (χ1) is 23.9. The van der Waals surface area contributed by atoms with Gasteiger partial charge in [0.25, 0.3) is 0 Å². The average molecular weight is 745 g/mol. The van der Waals surface area contributed by atoms with E-state index in [9.17, 15) is 23.6 Å². The SMILES string of the molecule is CC(=O)c1nn2c3c(cc(-c4cnc(C)nc4)cc13)CCCCC[C@@H](C)C(=O)NC[C@@]13C[C@@H](C(=O)Cc4cc(F)cc(Br)n4)N(C(=O)C2)[C@@H]1C3. The minimum Gasteiger partial charge on any atom is -0.355 e. The Morgan fingerprint density at radius 2 is 1.84 bits per heavy atom. The molecule has 2 aliphatic heterocycles. The molecule has 7 rings (SSSR count). The number of nitrogens with one attached hydrogen (secondary N) is 1. The lowest BCUT2D eigenvalue weighted by Crippen LogP contribution is -2.45. The molecule has 50 heavy (non-hydrogen) atoms. The summed E-state index contributed by atoms with van der Waals surface area (Å²) in [6, 6.07) is 5.40. The number of pyridine rings is 1. The molecule has 2 bridgehead atoms. The lowest BCUT2D eigenvalue weighted by Gasteiger charge is -2.27. The minimum atomic E-state index is -0.778. The van der Waals surface area contributed by atoms with E-state index >= 15 is 0 Å². The maximum absolute atomic E-state index is 14.4. The largest absolute Gasteiger partial charge is 0.355 e. The Bertz CT molecular complexity index is 2010. The number of piperidine rings is 1.